The van der Waals surface area contributed by atoms with Crippen LogP contribution in [0.3, 0.4) is 0 Å². The molecule has 0 aliphatic rings. The summed E-state index contributed by atoms with van der Waals surface area (Å²) in [5.74, 6) is 0. The molecule has 0 radical (unpaired) electrons. The van der Waals surface area contributed by atoms with Gasteiger partial charge in [-0.1, -0.05) is 0 Å². The molecule has 0 amide bonds. The molecule has 0 aromatic carbocycles. The number of anilines is 1. The van der Waals surface area contributed by atoms with Crippen LogP contribution in [0.5, 0.6) is 0 Å². The number of aryl methyl sites for hydroxylation is 2. The van der Waals surface area contributed by atoms with Gasteiger partial charge in [-0.3, -0.25) is 0 Å². The third kappa shape index (κ3) is 2.95. The first-order valence-corrected chi connectivity index (χ1v) is 7.72. The highest BCUT2D eigenvalue weighted by Gasteiger charge is 2.30. The molecule has 16 heavy (non-hydrogen) atoms. The Morgan fingerprint density at radius 1 is 1.38 bits per heavy atom. The number of thiazole rings is 1. The summed E-state index contributed by atoms with van der Waals surface area (Å²) in [4.78, 5) is 5.46. The summed E-state index contributed by atoms with van der Waals surface area (Å²) in [7, 11) is -3.06. The van der Waals surface area contributed by atoms with Crippen LogP contribution in [0.1, 0.15) is 24.4 Å². The van der Waals surface area contributed by atoms with Crippen molar-refractivity contribution in [3.8, 4) is 0 Å². The van der Waals surface area contributed by atoms with Crippen molar-refractivity contribution in [3.63, 3.8) is 0 Å². The Morgan fingerprint density at radius 2 is 1.94 bits per heavy atom. The average Bonchev–Trinajstić information content (AvgIpc) is 2.41. The molecule has 0 aliphatic heterocycles. The standard InChI is InChI=1S/C10H18N2O2S2/c1-7-8(2)15-9(12-7)11-6-10(3,4)16(5,13)14/h6H2,1-5H3,(H,11,12). The Kier molecular flexibility index (Phi) is 3.64. The average molecular weight is 262 g/mol. The SMILES string of the molecule is Cc1nc(NCC(C)(C)S(C)(=O)=O)sc1C. The van der Waals surface area contributed by atoms with Gasteiger partial charge in [-0.05, 0) is 27.7 Å². The van der Waals surface area contributed by atoms with Crippen molar-refractivity contribution in [2.45, 2.75) is 32.4 Å². The molecule has 0 aliphatic carbocycles. The molecule has 92 valence electrons. The summed E-state index contributed by atoms with van der Waals surface area (Å²) in [5, 5.41) is 3.87. The lowest BCUT2D eigenvalue weighted by atomic mass is 10.2. The Bertz CT molecular complexity index is 456. The van der Waals surface area contributed by atoms with Crippen LogP contribution in [0.25, 0.3) is 0 Å². The quantitative estimate of drug-likeness (QED) is 0.901. The molecular weight excluding hydrogens is 244 g/mol. The molecule has 1 N–H and O–H groups in total. The Morgan fingerprint density at radius 3 is 2.31 bits per heavy atom. The predicted octanol–water partition coefficient (Wildman–Crippen LogP) is 2.00. The highest BCUT2D eigenvalue weighted by molar-refractivity contribution is 7.92. The Labute approximate surface area is 101 Å². The molecule has 4 nitrogen and oxygen atoms in total. The topological polar surface area (TPSA) is 59.1 Å². The monoisotopic (exact) mass is 262 g/mol. The van der Waals surface area contributed by atoms with Gasteiger partial charge in [0, 0.05) is 17.7 Å². The fraction of sp³-hybridized carbons (Fsp3) is 0.700. The van der Waals surface area contributed by atoms with Crippen LogP contribution in [0, 0.1) is 13.8 Å². The molecule has 0 saturated heterocycles. The van der Waals surface area contributed by atoms with E-state index in [0.29, 0.717) is 6.54 Å². The molecule has 6 heteroatoms. The van der Waals surface area contributed by atoms with Crippen LogP contribution in [-0.4, -0.2) is 30.9 Å². The van der Waals surface area contributed by atoms with Crippen LogP contribution in [-0.2, 0) is 9.84 Å². The molecule has 0 atom stereocenters. The van der Waals surface area contributed by atoms with Crippen molar-refractivity contribution in [2.24, 2.45) is 0 Å². The number of hydrogen-bond donors (Lipinski definition) is 1. The highest BCUT2D eigenvalue weighted by Crippen LogP contribution is 2.23. The lowest BCUT2D eigenvalue weighted by Gasteiger charge is -2.22. The maximum Gasteiger partial charge on any atom is 0.183 e. The molecule has 0 saturated carbocycles. The minimum absolute atomic E-state index is 0.373. The second-order valence-corrected chi connectivity index (χ2v) is 8.40. The van der Waals surface area contributed by atoms with Crippen LogP contribution >= 0.6 is 11.3 Å². The number of nitrogens with one attached hydrogen (secondary N) is 1. The van der Waals surface area contributed by atoms with E-state index >= 15 is 0 Å². The third-order valence-corrected chi connectivity index (χ3v) is 5.88. The van der Waals surface area contributed by atoms with Gasteiger partial charge in [-0.2, -0.15) is 0 Å². The van der Waals surface area contributed by atoms with Crippen LogP contribution in [0.15, 0.2) is 0 Å². The van der Waals surface area contributed by atoms with Crippen molar-refractivity contribution in [3.05, 3.63) is 10.6 Å². The zero-order chi connectivity index (χ0) is 12.6. The van der Waals surface area contributed by atoms with E-state index in [1.165, 1.54) is 6.26 Å². The minimum atomic E-state index is -3.06. The van der Waals surface area contributed by atoms with Gasteiger partial charge in [0.25, 0.3) is 0 Å². The maximum atomic E-state index is 11.5. The number of nitrogens with zero attached hydrogens (tertiary/aromatic N) is 1. The molecule has 1 aromatic rings. The predicted molar refractivity (Wildman–Crippen MR) is 69.0 cm³/mol. The third-order valence-electron chi connectivity index (χ3n) is 2.70. The molecule has 0 spiro atoms. The molecule has 1 rings (SSSR count). The fourth-order valence-corrected chi connectivity index (χ4v) is 2.11. The molecule has 1 heterocycles. The number of hydrogen-bond acceptors (Lipinski definition) is 5. The first-order chi connectivity index (χ1) is 7.13. The second-order valence-electron chi connectivity index (χ2n) is 4.55. The van der Waals surface area contributed by atoms with Gasteiger partial charge >= 0.3 is 0 Å². The van der Waals surface area contributed by atoms with Gasteiger partial charge in [0.05, 0.1) is 10.4 Å². The fourth-order valence-electron chi connectivity index (χ4n) is 0.968. The van der Waals surface area contributed by atoms with Crippen LogP contribution in [0.4, 0.5) is 5.13 Å². The molecular formula is C10H18N2O2S2. The Hall–Kier alpha value is -0.620. The van der Waals surface area contributed by atoms with Gasteiger partial charge in [-0.15, -0.1) is 11.3 Å². The summed E-state index contributed by atoms with van der Waals surface area (Å²) < 4.78 is 22.2. The lowest BCUT2D eigenvalue weighted by molar-refractivity contribution is 0.560. The molecule has 0 bridgehead atoms. The van der Waals surface area contributed by atoms with Gasteiger partial charge in [0.1, 0.15) is 0 Å². The van der Waals surface area contributed by atoms with Crippen molar-refractivity contribution in [1.82, 2.24) is 4.98 Å². The lowest BCUT2D eigenvalue weighted by Crippen LogP contribution is -2.38. The molecule has 0 unspecified atom stereocenters. The largest absolute Gasteiger partial charge is 0.360 e. The number of aromatic nitrogens is 1. The highest BCUT2D eigenvalue weighted by atomic mass is 32.2. The van der Waals surface area contributed by atoms with Crippen LogP contribution in [0.2, 0.25) is 0 Å². The first-order valence-electron chi connectivity index (χ1n) is 5.01. The normalized spacial score (nSPS) is 12.8. The zero-order valence-corrected chi connectivity index (χ0v) is 11.9. The Balaban J connectivity index is 2.72. The van der Waals surface area contributed by atoms with E-state index in [-0.39, 0.29) is 0 Å². The zero-order valence-electron chi connectivity index (χ0n) is 10.3. The summed E-state index contributed by atoms with van der Waals surface area (Å²) in [6.45, 7) is 7.74. The van der Waals surface area contributed by atoms with E-state index in [9.17, 15) is 8.42 Å². The van der Waals surface area contributed by atoms with E-state index < -0.39 is 14.6 Å². The van der Waals surface area contributed by atoms with Crippen molar-refractivity contribution >= 4 is 26.3 Å². The van der Waals surface area contributed by atoms with E-state index in [2.05, 4.69) is 10.3 Å². The minimum Gasteiger partial charge on any atom is -0.360 e. The second kappa shape index (κ2) is 4.33. The summed E-state index contributed by atoms with van der Waals surface area (Å²) in [6.07, 6.45) is 1.26. The van der Waals surface area contributed by atoms with E-state index in [1.54, 1.807) is 25.2 Å². The van der Waals surface area contributed by atoms with Gasteiger partial charge in [-0.25, -0.2) is 13.4 Å². The maximum absolute atomic E-state index is 11.5. The summed E-state index contributed by atoms with van der Waals surface area (Å²) >= 11 is 1.55. The van der Waals surface area contributed by atoms with Crippen molar-refractivity contribution < 1.29 is 8.42 Å². The van der Waals surface area contributed by atoms with Gasteiger partial charge < -0.3 is 5.32 Å². The smallest absolute Gasteiger partial charge is 0.183 e. The van der Waals surface area contributed by atoms with E-state index in [0.717, 1.165) is 15.7 Å². The van der Waals surface area contributed by atoms with Gasteiger partial charge in [0.15, 0.2) is 15.0 Å². The molecule has 0 fully saturated rings. The van der Waals surface area contributed by atoms with Crippen molar-refractivity contribution in [2.75, 3.05) is 18.1 Å². The van der Waals surface area contributed by atoms with E-state index in [4.69, 9.17) is 0 Å². The number of sulfone groups is 1. The van der Waals surface area contributed by atoms with E-state index in [1.807, 2.05) is 13.8 Å². The summed E-state index contributed by atoms with van der Waals surface area (Å²) in [5.41, 5.74) is 0.990. The van der Waals surface area contributed by atoms with Crippen molar-refractivity contribution in [1.29, 1.82) is 0 Å². The van der Waals surface area contributed by atoms with Crippen LogP contribution < -0.4 is 5.32 Å². The summed E-state index contributed by atoms with van der Waals surface area (Å²) in [6, 6.07) is 0. The molecule has 1 aromatic heterocycles. The number of rotatable bonds is 4. The van der Waals surface area contributed by atoms with Gasteiger partial charge in [0.2, 0.25) is 0 Å². The first kappa shape index (κ1) is 13.4.